The van der Waals surface area contributed by atoms with Gasteiger partial charge in [0.25, 0.3) is 5.56 Å². The number of halogens is 5. The number of benzene rings is 3. The first-order valence-corrected chi connectivity index (χ1v) is 11.7. The number of aromatic nitrogens is 1. The Balaban J connectivity index is 1.95. The number of pyridine rings is 1. The summed E-state index contributed by atoms with van der Waals surface area (Å²) >= 11 is 0. The first-order chi connectivity index (χ1) is 18.9. The van der Waals surface area contributed by atoms with Crippen LogP contribution in [-0.4, -0.2) is 16.1 Å². The van der Waals surface area contributed by atoms with Crippen molar-refractivity contribution in [2.75, 3.05) is 6.61 Å². The zero-order chi connectivity index (χ0) is 29.2. The minimum Gasteiger partial charge on any atom is -0.487 e. The van der Waals surface area contributed by atoms with Gasteiger partial charge in [-0.05, 0) is 47.9 Å². The predicted octanol–water partition coefficient (Wildman–Crippen LogP) is 6.71. The molecule has 0 N–H and O–H groups in total. The third-order valence-corrected chi connectivity index (χ3v) is 6.01. The van der Waals surface area contributed by atoms with Gasteiger partial charge in [0.1, 0.15) is 23.3 Å². The van der Waals surface area contributed by atoms with E-state index < -0.39 is 46.0 Å². The zero-order valence-corrected chi connectivity index (χ0v) is 20.6. The molecule has 0 atom stereocenters. The highest BCUT2D eigenvalue weighted by Gasteiger charge is 2.36. The number of nitriles is 1. The Morgan fingerprint density at radius 3 is 2.33 bits per heavy atom. The van der Waals surface area contributed by atoms with Crippen LogP contribution in [-0.2, 0) is 12.7 Å². The number of alkyl halides is 3. The number of rotatable bonds is 7. The van der Waals surface area contributed by atoms with Gasteiger partial charge in [0.15, 0.2) is 5.75 Å². The van der Waals surface area contributed by atoms with Crippen molar-refractivity contribution in [1.29, 1.82) is 5.26 Å². The fourth-order valence-electron chi connectivity index (χ4n) is 4.17. The second-order valence-electron chi connectivity index (χ2n) is 8.51. The molecule has 4 aromatic rings. The van der Waals surface area contributed by atoms with Crippen molar-refractivity contribution >= 4 is 5.69 Å². The van der Waals surface area contributed by atoms with E-state index in [1.54, 1.807) is 13.0 Å². The number of hydrogen-bond donors (Lipinski definition) is 0. The maximum atomic E-state index is 14.5. The van der Waals surface area contributed by atoms with E-state index in [-0.39, 0.29) is 34.9 Å². The Morgan fingerprint density at radius 1 is 1.00 bits per heavy atom. The van der Waals surface area contributed by atoms with Crippen molar-refractivity contribution in [3.63, 3.8) is 0 Å². The molecule has 204 valence electrons. The molecule has 0 aliphatic carbocycles. The molecule has 0 unspecified atom stereocenters. The van der Waals surface area contributed by atoms with Crippen LogP contribution >= 0.6 is 0 Å². The Labute approximate surface area is 223 Å². The number of nitro groups is 1. The van der Waals surface area contributed by atoms with Gasteiger partial charge < -0.3 is 9.30 Å². The Hall–Kier alpha value is -5.05. The Bertz CT molecular complexity index is 1730. The van der Waals surface area contributed by atoms with Crippen molar-refractivity contribution in [1.82, 2.24) is 4.57 Å². The standard InChI is InChI=1S/C28H18F5N3O4/c1-2-40-26-9-7-17(11-25(26)36(38)39)16-4-3-5-18(10-16)24-13-22(28(31,32)33)21(14-34)27(37)35(24)15-19-6-8-20(29)12-23(19)30/h3-13H,2,15H2,1H3. The van der Waals surface area contributed by atoms with Crippen molar-refractivity contribution < 1.29 is 31.6 Å². The van der Waals surface area contributed by atoms with Gasteiger partial charge in [-0.25, -0.2) is 8.78 Å². The summed E-state index contributed by atoms with van der Waals surface area (Å²) in [6.45, 7) is 1.24. The van der Waals surface area contributed by atoms with Crippen LogP contribution in [0.4, 0.5) is 27.6 Å². The molecule has 0 amide bonds. The predicted molar refractivity (Wildman–Crippen MR) is 135 cm³/mol. The SMILES string of the molecule is CCOc1ccc(-c2cccc(-c3cc(C(F)(F)F)c(C#N)c(=O)n3Cc3ccc(F)cc3F)c2)cc1[N+](=O)[O-]. The first kappa shape index (κ1) is 28.0. The number of nitro benzene ring substituents is 1. The average Bonchev–Trinajstić information content (AvgIpc) is 2.90. The van der Waals surface area contributed by atoms with E-state index in [1.807, 2.05) is 0 Å². The maximum absolute atomic E-state index is 14.5. The van der Waals surface area contributed by atoms with Gasteiger partial charge >= 0.3 is 11.9 Å². The lowest BCUT2D eigenvalue weighted by Crippen LogP contribution is -2.29. The van der Waals surface area contributed by atoms with Crippen molar-refractivity contribution in [2.45, 2.75) is 19.6 Å². The molecule has 0 saturated heterocycles. The van der Waals surface area contributed by atoms with Crippen molar-refractivity contribution in [2.24, 2.45) is 0 Å². The summed E-state index contributed by atoms with van der Waals surface area (Å²) < 4.78 is 75.6. The summed E-state index contributed by atoms with van der Waals surface area (Å²) in [6.07, 6.45) is -5.06. The highest BCUT2D eigenvalue weighted by molar-refractivity contribution is 5.74. The van der Waals surface area contributed by atoms with Crippen LogP contribution in [0.15, 0.2) is 71.5 Å². The smallest absolute Gasteiger partial charge is 0.417 e. The second kappa shape index (κ2) is 11.0. The lowest BCUT2D eigenvalue weighted by molar-refractivity contribution is -0.385. The normalized spacial score (nSPS) is 11.2. The van der Waals surface area contributed by atoms with Gasteiger partial charge in [-0.3, -0.25) is 14.9 Å². The van der Waals surface area contributed by atoms with E-state index >= 15 is 0 Å². The van der Waals surface area contributed by atoms with E-state index in [0.29, 0.717) is 23.3 Å². The van der Waals surface area contributed by atoms with Crippen LogP contribution < -0.4 is 10.3 Å². The monoisotopic (exact) mass is 555 g/mol. The van der Waals surface area contributed by atoms with Crippen molar-refractivity contribution in [3.05, 3.63) is 116 Å². The van der Waals surface area contributed by atoms with E-state index in [2.05, 4.69) is 0 Å². The molecule has 0 fully saturated rings. The van der Waals surface area contributed by atoms with Gasteiger partial charge in [0.05, 0.1) is 29.3 Å². The molecule has 4 rings (SSSR count). The summed E-state index contributed by atoms with van der Waals surface area (Å²) in [5.74, 6) is -1.90. The zero-order valence-electron chi connectivity index (χ0n) is 20.6. The molecule has 40 heavy (non-hydrogen) atoms. The summed E-state index contributed by atoms with van der Waals surface area (Å²) in [6, 6.07) is 14.4. The molecule has 0 aliphatic heterocycles. The third kappa shape index (κ3) is 5.54. The van der Waals surface area contributed by atoms with E-state index in [4.69, 9.17) is 4.74 Å². The lowest BCUT2D eigenvalue weighted by Gasteiger charge is -2.18. The molecule has 0 aliphatic rings. The summed E-state index contributed by atoms with van der Waals surface area (Å²) in [7, 11) is 0. The Morgan fingerprint density at radius 2 is 1.70 bits per heavy atom. The van der Waals surface area contributed by atoms with Gasteiger partial charge in [0, 0.05) is 17.7 Å². The van der Waals surface area contributed by atoms with Crippen LogP contribution in [0.25, 0.3) is 22.4 Å². The molecule has 7 nitrogen and oxygen atoms in total. The molecule has 0 radical (unpaired) electrons. The molecule has 12 heteroatoms. The van der Waals surface area contributed by atoms with Crippen molar-refractivity contribution in [3.8, 4) is 34.2 Å². The lowest BCUT2D eigenvalue weighted by atomic mass is 9.98. The number of nitrogens with zero attached hydrogens (tertiary/aromatic N) is 3. The Kier molecular flexibility index (Phi) is 7.68. The highest BCUT2D eigenvalue weighted by Crippen LogP contribution is 2.36. The van der Waals surface area contributed by atoms with Crippen LogP contribution in [0.1, 0.15) is 23.6 Å². The fraction of sp³-hybridized carbons (Fsp3) is 0.143. The minimum absolute atomic E-state index is 0.0319. The minimum atomic E-state index is -5.06. The largest absolute Gasteiger partial charge is 0.487 e. The van der Waals surface area contributed by atoms with E-state index in [9.17, 15) is 42.1 Å². The molecular formula is C28H18F5N3O4. The fourth-order valence-corrected chi connectivity index (χ4v) is 4.17. The molecule has 0 bridgehead atoms. The van der Waals surface area contributed by atoms with Gasteiger partial charge in [-0.1, -0.05) is 30.3 Å². The maximum Gasteiger partial charge on any atom is 0.417 e. The summed E-state index contributed by atoms with van der Waals surface area (Å²) in [4.78, 5) is 24.1. The van der Waals surface area contributed by atoms with E-state index in [1.165, 1.54) is 42.5 Å². The first-order valence-electron chi connectivity index (χ1n) is 11.7. The molecule has 1 aromatic heterocycles. The molecular weight excluding hydrogens is 537 g/mol. The molecule has 0 saturated carbocycles. The third-order valence-electron chi connectivity index (χ3n) is 6.01. The number of hydrogen-bond acceptors (Lipinski definition) is 5. The molecule has 3 aromatic carbocycles. The topological polar surface area (TPSA) is 98.2 Å². The van der Waals surface area contributed by atoms with Crippen LogP contribution in [0.5, 0.6) is 5.75 Å². The van der Waals surface area contributed by atoms with Crippen LogP contribution in [0, 0.1) is 33.1 Å². The molecule has 0 spiro atoms. The van der Waals surface area contributed by atoms with Gasteiger partial charge in [0.2, 0.25) is 0 Å². The summed E-state index contributed by atoms with van der Waals surface area (Å²) in [5.41, 5.74) is -4.05. The van der Waals surface area contributed by atoms with Gasteiger partial charge in [-0.2, -0.15) is 18.4 Å². The average molecular weight is 555 g/mol. The summed E-state index contributed by atoms with van der Waals surface area (Å²) in [5, 5.41) is 20.9. The van der Waals surface area contributed by atoms with E-state index in [0.717, 1.165) is 16.7 Å². The number of ether oxygens (including phenoxy) is 1. The molecule has 1 heterocycles. The quantitative estimate of drug-likeness (QED) is 0.144. The highest BCUT2D eigenvalue weighted by atomic mass is 19.4. The van der Waals surface area contributed by atoms with Crippen LogP contribution in [0.2, 0.25) is 0 Å². The van der Waals surface area contributed by atoms with Gasteiger partial charge in [-0.15, -0.1) is 0 Å². The van der Waals surface area contributed by atoms with Crippen LogP contribution in [0.3, 0.4) is 0 Å². The second-order valence-corrected chi connectivity index (χ2v) is 8.51.